The summed E-state index contributed by atoms with van der Waals surface area (Å²) < 4.78 is 16.1. The van der Waals surface area contributed by atoms with Gasteiger partial charge in [-0.3, -0.25) is 0 Å². The van der Waals surface area contributed by atoms with Crippen molar-refractivity contribution in [2.24, 2.45) is 0 Å². The fraction of sp³-hybridized carbons (Fsp3) is 0.375. The largest absolute Gasteiger partial charge is 0.493 e. The van der Waals surface area contributed by atoms with Crippen LogP contribution in [-0.4, -0.2) is 27.9 Å². The molecule has 0 aliphatic heterocycles. The molecule has 0 unspecified atom stereocenters. The van der Waals surface area contributed by atoms with Crippen LogP contribution in [0, 0.1) is 0 Å². The van der Waals surface area contributed by atoms with Crippen LogP contribution in [0.15, 0.2) is 29.6 Å². The van der Waals surface area contributed by atoms with Crippen molar-refractivity contribution in [2.45, 2.75) is 13.0 Å². The maximum Gasteiger partial charge on any atom is 0.203 e. The van der Waals surface area contributed by atoms with Crippen LogP contribution in [0.4, 0.5) is 0 Å². The molecule has 1 aromatic carbocycles. The Morgan fingerprint density at radius 3 is 2.43 bits per heavy atom. The Kier molecular flexibility index (Phi) is 5.90. The molecule has 2 aromatic rings. The van der Waals surface area contributed by atoms with Gasteiger partial charge in [0.25, 0.3) is 0 Å². The van der Waals surface area contributed by atoms with E-state index in [1.807, 2.05) is 12.1 Å². The van der Waals surface area contributed by atoms with Gasteiger partial charge in [-0.2, -0.15) is 0 Å². The number of hydrogen-bond acceptors (Lipinski definition) is 5. The van der Waals surface area contributed by atoms with Gasteiger partial charge in [0.05, 0.1) is 21.3 Å². The maximum absolute atomic E-state index is 5.47. The van der Waals surface area contributed by atoms with Gasteiger partial charge in [-0.05, 0) is 23.9 Å². The molecule has 114 valence electrons. The van der Waals surface area contributed by atoms with E-state index in [9.17, 15) is 0 Å². The maximum atomic E-state index is 5.47. The third-order valence-electron chi connectivity index (χ3n) is 3.23. The van der Waals surface area contributed by atoms with Crippen LogP contribution in [0.1, 0.15) is 10.4 Å². The zero-order valence-electron chi connectivity index (χ0n) is 12.6. The highest BCUT2D eigenvalue weighted by Crippen LogP contribution is 2.39. The van der Waals surface area contributed by atoms with Crippen molar-refractivity contribution >= 4 is 11.3 Å². The molecule has 0 atom stereocenters. The number of hydrogen-bond donors (Lipinski definition) is 1. The lowest BCUT2D eigenvalue weighted by Crippen LogP contribution is -2.17. The molecule has 0 saturated carbocycles. The van der Waals surface area contributed by atoms with E-state index in [-0.39, 0.29) is 0 Å². The Morgan fingerprint density at radius 2 is 1.81 bits per heavy atom. The molecular weight excluding hydrogens is 286 g/mol. The Hall–Kier alpha value is -1.72. The molecule has 1 aromatic heterocycles. The van der Waals surface area contributed by atoms with Gasteiger partial charge >= 0.3 is 0 Å². The van der Waals surface area contributed by atoms with Gasteiger partial charge in [0, 0.05) is 23.5 Å². The van der Waals surface area contributed by atoms with Crippen LogP contribution >= 0.6 is 11.3 Å². The fourth-order valence-electron chi connectivity index (χ4n) is 2.19. The summed E-state index contributed by atoms with van der Waals surface area (Å²) >= 11 is 1.79. The van der Waals surface area contributed by atoms with E-state index in [1.165, 1.54) is 4.88 Å². The number of nitrogens with one attached hydrogen (secondary N) is 1. The Bertz CT molecular complexity index is 555. The van der Waals surface area contributed by atoms with Gasteiger partial charge in [0.15, 0.2) is 11.5 Å². The van der Waals surface area contributed by atoms with Crippen molar-refractivity contribution in [2.75, 3.05) is 27.9 Å². The highest BCUT2D eigenvalue weighted by Gasteiger charge is 2.15. The number of ether oxygens (including phenoxy) is 3. The third-order valence-corrected chi connectivity index (χ3v) is 4.17. The quantitative estimate of drug-likeness (QED) is 0.761. The molecule has 0 spiro atoms. The Balaban J connectivity index is 1.99. The summed E-state index contributed by atoms with van der Waals surface area (Å²) in [5.74, 6) is 2.04. The average Bonchev–Trinajstić information content (AvgIpc) is 3.03. The minimum atomic E-state index is 0.637. The number of rotatable bonds is 8. The van der Waals surface area contributed by atoms with E-state index < -0.39 is 0 Å². The van der Waals surface area contributed by atoms with E-state index >= 15 is 0 Å². The first-order chi connectivity index (χ1) is 10.3. The van der Waals surface area contributed by atoms with E-state index in [1.54, 1.807) is 32.7 Å². The highest BCUT2D eigenvalue weighted by atomic mass is 32.1. The lowest BCUT2D eigenvalue weighted by molar-refractivity contribution is 0.321. The molecule has 0 aliphatic rings. The molecule has 0 aliphatic carbocycles. The van der Waals surface area contributed by atoms with Crippen molar-refractivity contribution in [3.8, 4) is 17.2 Å². The SMILES string of the molecule is COc1ccc(CNCCc2cccs2)c(OC)c1OC. The average molecular weight is 307 g/mol. The summed E-state index contributed by atoms with van der Waals surface area (Å²) in [4.78, 5) is 1.39. The van der Waals surface area contributed by atoms with Crippen molar-refractivity contribution in [3.63, 3.8) is 0 Å². The number of thiophene rings is 1. The summed E-state index contributed by atoms with van der Waals surface area (Å²) in [5, 5.41) is 5.54. The number of benzene rings is 1. The highest BCUT2D eigenvalue weighted by molar-refractivity contribution is 7.09. The summed E-state index contributed by atoms with van der Waals surface area (Å²) in [6, 6.07) is 8.14. The first-order valence-electron chi connectivity index (χ1n) is 6.81. The van der Waals surface area contributed by atoms with Gasteiger partial charge < -0.3 is 19.5 Å². The van der Waals surface area contributed by atoms with Gasteiger partial charge in [-0.1, -0.05) is 12.1 Å². The molecule has 1 heterocycles. The topological polar surface area (TPSA) is 39.7 Å². The molecule has 0 amide bonds. The van der Waals surface area contributed by atoms with Crippen LogP contribution in [0.25, 0.3) is 0 Å². The minimum Gasteiger partial charge on any atom is -0.493 e. The van der Waals surface area contributed by atoms with Crippen molar-refractivity contribution in [3.05, 3.63) is 40.1 Å². The van der Waals surface area contributed by atoms with Crippen molar-refractivity contribution in [1.29, 1.82) is 0 Å². The Morgan fingerprint density at radius 1 is 1.00 bits per heavy atom. The lowest BCUT2D eigenvalue weighted by atomic mass is 10.1. The van der Waals surface area contributed by atoms with Crippen LogP contribution in [0.3, 0.4) is 0 Å². The zero-order chi connectivity index (χ0) is 15.1. The fourth-order valence-corrected chi connectivity index (χ4v) is 2.90. The summed E-state index contributed by atoms with van der Waals surface area (Å²) in [6.45, 7) is 1.66. The van der Waals surface area contributed by atoms with E-state index in [2.05, 4.69) is 22.8 Å². The van der Waals surface area contributed by atoms with Gasteiger partial charge in [0.2, 0.25) is 5.75 Å². The second-order valence-electron chi connectivity index (χ2n) is 4.50. The predicted octanol–water partition coefficient (Wildman–Crippen LogP) is 3.11. The van der Waals surface area contributed by atoms with Gasteiger partial charge in [0.1, 0.15) is 0 Å². The molecular formula is C16H21NO3S. The standard InChI is InChI=1S/C16H21NO3S/c1-18-14-7-6-12(15(19-2)16(14)20-3)11-17-9-8-13-5-4-10-21-13/h4-7,10,17H,8-9,11H2,1-3H3. The predicted molar refractivity (Wildman–Crippen MR) is 85.8 cm³/mol. The minimum absolute atomic E-state index is 0.637. The first-order valence-corrected chi connectivity index (χ1v) is 7.69. The molecule has 2 rings (SSSR count). The molecule has 0 fully saturated rings. The van der Waals surface area contributed by atoms with Crippen LogP contribution in [-0.2, 0) is 13.0 Å². The smallest absolute Gasteiger partial charge is 0.203 e. The van der Waals surface area contributed by atoms with Gasteiger partial charge in [-0.15, -0.1) is 11.3 Å². The molecule has 5 heteroatoms. The van der Waals surface area contributed by atoms with Crippen LogP contribution in [0.5, 0.6) is 17.2 Å². The van der Waals surface area contributed by atoms with E-state index in [4.69, 9.17) is 14.2 Å². The summed E-state index contributed by atoms with van der Waals surface area (Å²) in [6.07, 6.45) is 1.03. The van der Waals surface area contributed by atoms with Crippen molar-refractivity contribution < 1.29 is 14.2 Å². The van der Waals surface area contributed by atoms with Crippen molar-refractivity contribution in [1.82, 2.24) is 5.32 Å². The molecule has 4 nitrogen and oxygen atoms in total. The summed E-state index contributed by atoms with van der Waals surface area (Å²) in [5.41, 5.74) is 1.06. The Labute approximate surface area is 129 Å². The second kappa shape index (κ2) is 7.90. The zero-order valence-corrected chi connectivity index (χ0v) is 13.5. The van der Waals surface area contributed by atoms with E-state index in [0.717, 1.165) is 30.8 Å². The molecule has 1 N–H and O–H groups in total. The van der Waals surface area contributed by atoms with E-state index in [0.29, 0.717) is 11.5 Å². The lowest BCUT2D eigenvalue weighted by Gasteiger charge is -2.16. The van der Waals surface area contributed by atoms with Gasteiger partial charge in [-0.25, -0.2) is 0 Å². The van der Waals surface area contributed by atoms with Crippen LogP contribution < -0.4 is 19.5 Å². The molecule has 0 saturated heterocycles. The first kappa shape index (κ1) is 15.7. The normalized spacial score (nSPS) is 10.4. The van der Waals surface area contributed by atoms with Crippen LogP contribution in [0.2, 0.25) is 0 Å². The molecule has 21 heavy (non-hydrogen) atoms. The molecule has 0 bridgehead atoms. The monoisotopic (exact) mass is 307 g/mol. The molecule has 0 radical (unpaired) electrons. The third kappa shape index (κ3) is 3.89. The summed E-state index contributed by atoms with van der Waals surface area (Å²) in [7, 11) is 4.89. The second-order valence-corrected chi connectivity index (χ2v) is 5.53. The number of methoxy groups -OCH3 is 3.